The number of nitrogens with zero attached hydrogens (tertiary/aromatic N) is 3. The maximum atomic E-state index is 4.88. The van der Waals surface area contributed by atoms with Crippen LogP contribution in [0.3, 0.4) is 0 Å². The van der Waals surface area contributed by atoms with Crippen molar-refractivity contribution >= 4 is 0 Å². The molecule has 0 N–H and O–H groups in total. The third-order valence-corrected chi connectivity index (χ3v) is 4.33. The number of fused-ring (bicyclic) bond motifs is 3. The number of imidazole rings is 1. The van der Waals surface area contributed by atoms with Crippen LogP contribution in [0, 0.1) is 0 Å². The van der Waals surface area contributed by atoms with Crippen molar-refractivity contribution < 1.29 is 0 Å². The monoisotopic (exact) mass is 289 g/mol. The summed E-state index contributed by atoms with van der Waals surface area (Å²) >= 11 is 0. The fraction of sp³-hybridized carbons (Fsp3) is 0.263. The lowest BCUT2D eigenvalue weighted by Crippen LogP contribution is -2.15. The van der Waals surface area contributed by atoms with Crippen molar-refractivity contribution in [1.29, 1.82) is 0 Å². The van der Waals surface area contributed by atoms with Crippen LogP contribution in [0.4, 0.5) is 0 Å². The highest BCUT2D eigenvalue weighted by molar-refractivity contribution is 5.67. The third-order valence-electron chi connectivity index (χ3n) is 4.33. The predicted octanol–water partition coefficient (Wildman–Crippen LogP) is 4.29. The van der Waals surface area contributed by atoms with Gasteiger partial charge in [0.25, 0.3) is 0 Å². The number of rotatable bonds is 2. The van der Waals surface area contributed by atoms with Crippen LogP contribution >= 0.6 is 0 Å². The van der Waals surface area contributed by atoms with Crippen LogP contribution in [0.15, 0.2) is 48.7 Å². The van der Waals surface area contributed by atoms with Crippen LogP contribution in [0.25, 0.3) is 22.6 Å². The molecule has 110 valence electrons. The molecule has 22 heavy (non-hydrogen) atoms. The zero-order chi connectivity index (χ0) is 15.1. The van der Waals surface area contributed by atoms with Crippen LogP contribution in [-0.4, -0.2) is 14.5 Å². The first-order valence-electron chi connectivity index (χ1n) is 7.85. The van der Waals surface area contributed by atoms with Crippen LogP contribution in [0.2, 0.25) is 0 Å². The Morgan fingerprint density at radius 1 is 1.05 bits per heavy atom. The van der Waals surface area contributed by atoms with Crippen LogP contribution in [-0.2, 0) is 13.0 Å². The van der Waals surface area contributed by atoms with Crippen LogP contribution in [0.5, 0.6) is 0 Å². The van der Waals surface area contributed by atoms with Crippen molar-refractivity contribution in [3.8, 4) is 22.6 Å². The summed E-state index contributed by atoms with van der Waals surface area (Å²) in [5.41, 5.74) is 5.87. The van der Waals surface area contributed by atoms with Crippen molar-refractivity contribution in [2.45, 2.75) is 32.7 Å². The molecule has 0 spiro atoms. The number of aryl methyl sites for hydroxylation is 1. The molecule has 3 heterocycles. The van der Waals surface area contributed by atoms with Crippen molar-refractivity contribution in [2.24, 2.45) is 0 Å². The summed E-state index contributed by atoms with van der Waals surface area (Å²) in [4.78, 5) is 9.53. The van der Waals surface area contributed by atoms with Gasteiger partial charge >= 0.3 is 0 Å². The van der Waals surface area contributed by atoms with E-state index in [9.17, 15) is 0 Å². The second-order valence-electron chi connectivity index (χ2n) is 6.12. The first kappa shape index (κ1) is 13.3. The van der Waals surface area contributed by atoms with Gasteiger partial charge in [-0.25, -0.2) is 4.98 Å². The van der Waals surface area contributed by atoms with E-state index < -0.39 is 0 Å². The van der Waals surface area contributed by atoms with Gasteiger partial charge in [-0.05, 0) is 18.1 Å². The molecule has 0 aliphatic carbocycles. The summed E-state index contributed by atoms with van der Waals surface area (Å²) in [6.07, 6.45) is 2.99. The zero-order valence-corrected chi connectivity index (χ0v) is 13.0. The topological polar surface area (TPSA) is 30.7 Å². The van der Waals surface area contributed by atoms with Gasteiger partial charge in [-0.2, -0.15) is 0 Å². The first-order chi connectivity index (χ1) is 10.7. The van der Waals surface area contributed by atoms with E-state index in [0.29, 0.717) is 5.92 Å². The van der Waals surface area contributed by atoms with Crippen LogP contribution < -0.4 is 0 Å². The first-order valence-corrected chi connectivity index (χ1v) is 7.85. The van der Waals surface area contributed by atoms with Gasteiger partial charge in [0, 0.05) is 36.0 Å². The van der Waals surface area contributed by atoms with Crippen molar-refractivity contribution in [2.75, 3.05) is 0 Å². The molecule has 1 aliphatic heterocycles. The second-order valence-corrected chi connectivity index (χ2v) is 6.12. The Kier molecular flexibility index (Phi) is 3.07. The lowest BCUT2D eigenvalue weighted by Gasteiger charge is -2.21. The van der Waals surface area contributed by atoms with Crippen LogP contribution in [0.1, 0.15) is 31.2 Å². The third kappa shape index (κ3) is 2.05. The Morgan fingerprint density at radius 3 is 2.64 bits per heavy atom. The molecule has 1 aliphatic rings. The summed E-state index contributed by atoms with van der Waals surface area (Å²) in [5.74, 6) is 1.57. The highest BCUT2D eigenvalue weighted by atomic mass is 15.1. The Balaban J connectivity index is 1.80. The zero-order valence-electron chi connectivity index (χ0n) is 13.0. The summed E-state index contributed by atoms with van der Waals surface area (Å²) in [6.45, 7) is 5.41. The number of benzene rings is 1. The van der Waals surface area contributed by atoms with E-state index in [1.54, 1.807) is 0 Å². The van der Waals surface area contributed by atoms with E-state index in [0.717, 1.165) is 30.2 Å². The molecule has 0 bridgehead atoms. The van der Waals surface area contributed by atoms with Gasteiger partial charge in [0.2, 0.25) is 0 Å². The fourth-order valence-electron chi connectivity index (χ4n) is 3.18. The minimum Gasteiger partial charge on any atom is -0.327 e. The molecule has 3 heteroatoms. The Labute approximate surface area is 130 Å². The molecule has 0 radical (unpaired) electrons. The number of hydrogen-bond donors (Lipinski definition) is 0. The van der Waals surface area contributed by atoms with E-state index in [2.05, 4.69) is 59.8 Å². The average molecular weight is 289 g/mol. The summed E-state index contributed by atoms with van der Waals surface area (Å²) in [7, 11) is 0. The SMILES string of the molecule is CC(C)c1cnc2n1CCc1nc(-c3ccccc3)ccc1-2. The molecule has 3 aromatic rings. The van der Waals surface area contributed by atoms with E-state index >= 15 is 0 Å². The molecular formula is C19H19N3. The molecule has 0 saturated carbocycles. The van der Waals surface area contributed by atoms with Gasteiger partial charge in [-0.3, -0.25) is 4.98 Å². The standard InChI is InChI=1S/C19H19N3/c1-13(2)18-12-20-19-15-8-9-16(14-6-4-3-5-7-14)21-17(15)10-11-22(18)19/h3-9,12-13H,10-11H2,1-2H3. The maximum Gasteiger partial charge on any atom is 0.141 e. The molecule has 1 aromatic carbocycles. The lowest BCUT2D eigenvalue weighted by molar-refractivity contribution is 0.619. The minimum absolute atomic E-state index is 0.499. The lowest BCUT2D eigenvalue weighted by atomic mass is 10.0. The molecule has 2 aromatic heterocycles. The number of pyridine rings is 1. The van der Waals surface area contributed by atoms with Crippen molar-refractivity contribution in [3.05, 3.63) is 60.0 Å². The average Bonchev–Trinajstić information content (AvgIpc) is 2.99. The second kappa shape index (κ2) is 5.09. The highest BCUT2D eigenvalue weighted by Gasteiger charge is 2.22. The largest absolute Gasteiger partial charge is 0.327 e. The molecule has 0 unspecified atom stereocenters. The van der Waals surface area contributed by atoms with Crippen molar-refractivity contribution in [1.82, 2.24) is 14.5 Å². The Bertz CT molecular complexity index is 816. The van der Waals surface area contributed by atoms with E-state index in [1.807, 2.05) is 12.3 Å². The van der Waals surface area contributed by atoms with Gasteiger partial charge in [0.1, 0.15) is 5.82 Å². The molecule has 0 saturated heterocycles. The van der Waals surface area contributed by atoms with Crippen molar-refractivity contribution in [3.63, 3.8) is 0 Å². The van der Waals surface area contributed by atoms with E-state index in [1.165, 1.54) is 16.8 Å². The molecule has 0 amide bonds. The number of hydrogen-bond acceptors (Lipinski definition) is 2. The van der Waals surface area contributed by atoms with Gasteiger partial charge in [0.05, 0.1) is 11.4 Å². The van der Waals surface area contributed by atoms with Gasteiger partial charge in [-0.1, -0.05) is 44.2 Å². The molecule has 4 rings (SSSR count). The summed E-state index contributed by atoms with van der Waals surface area (Å²) in [6, 6.07) is 14.6. The van der Waals surface area contributed by atoms with Gasteiger partial charge in [-0.15, -0.1) is 0 Å². The molecule has 3 nitrogen and oxygen atoms in total. The summed E-state index contributed by atoms with van der Waals surface area (Å²) < 4.78 is 2.34. The van der Waals surface area contributed by atoms with Gasteiger partial charge < -0.3 is 4.57 Å². The Morgan fingerprint density at radius 2 is 1.86 bits per heavy atom. The highest BCUT2D eigenvalue weighted by Crippen LogP contribution is 2.32. The maximum absolute atomic E-state index is 4.88. The normalized spacial score (nSPS) is 13.0. The fourth-order valence-corrected chi connectivity index (χ4v) is 3.18. The predicted molar refractivity (Wildman–Crippen MR) is 88.7 cm³/mol. The molecule has 0 fully saturated rings. The van der Waals surface area contributed by atoms with E-state index in [4.69, 9.17) is 4.98 Å². The number of aromatic nitrogens is 3. The quantitative estimate of drug-likeness (QED) is 0.704. The smallest absolute Gasteiger partial charge is 0.141 e. The van der Waals surface area contributed by atoms with E-state index in [-0.39, 0.29) is 0 Å². The van der Waals surface area contributed by atoms with Gasteiger partial charge in [0.15, 0.2) is 0 Å². The Hall–Kier alpha value is -2.42. The molecule has 0 atom stereocenters. The minimum atomic E-state index is 0.499. The molecular weight excluding hydrogens is 270 g/mol. The summed E-state index contributed by atoms with van der Waals surface area (Å²) in [5, 5.41) is 0.